The second-order valence-corrected chi connectivity index (χ2v) is 3.84. The quantitative estimate of drug-likeness (QED) is 0.543. The van der Waals surface area contributed by atoms with E-state index in [0.717, 1.165) is 19.0 Å². The van der Waals surface area contributed by atoms with E-state index in [1.165, 1.54) is 12.8 Å². The molecule has 2 fully saturated rings. The Bertz CT molecular complexity index is 151. The van der Waals surface area contributed by atoms with Crippen LogP contribution in [0.25, 0.3) is 0 Å². The topological polar surface area (TPSA) is 49.5 Å². The minimum atomic E-state index is 0.208. The molecule has 0 radical (unpaired) electrons. The average molecular weight is 156 g/mol. The summed E-state index contributed by atoms with van der Waals surface area (Å²) in [5.74, 6) is 1.44. The summed E-state index contributed by atoms with van der Waals surface area (Å²) in [5, 5.41) is 8.89. The molecule has 0 amide bonds. The first kappa shape index (κ1) is 7.53. The summed E-state index contributed by atoms with van der Waals surface area (Å²) in [6, 6.07) is 0.400. The monoisotopic (exact) mass is 156 g/mol. The molecule has 1 saturated carbocycles. The van der Waals surface area contributed by atoms with Crippen molar-refractivity contribution >= 4 is 0 Å². The number of hydrogen-bond acceptors (Lipinski definition) is 3. The third-order valence-corrected chi connectivity index (χ3v) is 3.19. The highest BCUT2D eigenvalue weighted by atomic mass is 16.3. The first-order valence-corrected chi connectivity index (χ1v) is 4.40. The SMILES string of the molecule is NC1CCC2CN(CO)CC12. The number of aliphatic hydroxyl groups is 1. The number of nitrogens with two attached hydrogens (primary N) is 1. The van der Waals surface area contributed by atoms with Crippen molar-refractivity contribution in [3.8, 4) is 0 Å². The number of nitrogens with zero attached hydrogens (tertiary/aromatic N) is 1. The lowest BCUT2D eigenvalue weighted by Gasteiger charge is -2.14. The highest BCUT2D eigenvalue weighted by Gasteiger charge is 2.40. The molecule has 0 bridgehead atoms. The largest absolute Gasteiger partial charge is 0.381 e. The van der Waals surface area contributed by atoms with Gasteiger partial charge in [-0.3, -0.25) is 4.90 Å². The lowest BCUT2D eigenvalue weighted by atomic mass is 9.98. The van der Waals surface area contributed by atoms with Crippen molar-refractivity contribution in [3.63, 3.8) is 0 Å². The van der Waals surface area contributed by atoms with Crippen molar-refractivity contribution in [1.82, 2.24) is 4.90 Å². The Morgan fingerprint density at radius 1 is 1.36 bits per heavy atom. The molecule has 3 atom stereocenters. The fourth-order valence-electron chi connectivity index (χ4n) is 2.52. The van der Waals surface area contributed by atoms with Crippen LogP contribution in [0, 0.1) is 11.8 Å². The molecule has 2 aliphatic rings. The van der Waals surface area contributed by atoms with E-state index >= 15 is 0 Å². The normalized spacial score (nSPS) is 44.7. The van der Waals surface area contributed by atoms with Crippen LogP contribution in [0.1, 0.15) is 12.8 Å². The van der Waals surface area contributed by atoms with Gasteiger partial charge in [0, 0.05) is 19.1 Å². The van der Waals surface area contributed by atoms with Crippen LogP contribution in [0.15, 0.2) is 0 Å². The van der Waals surface area contributed by atoms with Gasteiger partial charge >= 0.3 is 0 Å². The summed E-state index contributed by atoms with van der Waals surface area (Å²) in [5.41, 5.74) is 5.93. The lowest BCUT2D eigenvalue weighted by molar-refractivity contribution is 0.122. The van der Waals surface area contributed by atoms with Gasteiger partial charge in [-0.15, -0.1) is 0 Å². The molecule has 1 saturated heterocycles. The zero-order valence-corrected chi connectivity index (χ0v) is 6.74. The maximum Gasteiger partial charge on any atom is 0.0956 e. The van der Waals surface area contributed by atoms with Crippen LogP contribution in [0.4, 0.5) is 0 Å². The molecule has 1 heterocycles. The van der Waals surface area contributed by atoms with Crippen LogP contribution >= 0.6 is 0 Å². The Morgan fingerprint density at radius 2 is 2.18 bits per heavy atom. The highest BCUT2D eigenvalue weighted by Crippen LogP contribution is 2.36. The third-order valence-electron chi connectivity index (χ3n) is 3.19. The standard InChI is InChI=1S/C8H16N2O/c9-8-2-1-6-3-10(5-11)4-7(6)8/h6-8,11H,1-5,9H2. The third kappa shape index (κ3) is 1.17. The van der Waals surface area contributed by atoms with Crippen LogP contribution in [-0.2, 0) is 0 Å². The summed E-state index contributed by atoms with van der Waals surface area (Å²) in [4.78, 5) is 2.09. The Morgan fingerprint density at radius 3 is 2.82 bits per heavy atom. The van der Waals surface area contributed by atoms with Crippen LogP contribution in [0.3, 0.4) is 0 Å². The van der Waals surface area contributed by atoms with Gasteiger partial charge in [-0.1, -0.05) is 0 Å². The first-order chi connectivity index (χ1) is 5.31. The van der Waals surface area contributed by atoms with E-state index in [1.807, 2.05) is 0 Å². The molecule has 1 aliphatic heterocycles. The van der Waals surface area contributed by atoms with Gasteiger partial charge in [0.15, 0.2) is 0 Å². The molecule has 1 aliphatic carbocycles. The predicted molar refractivity (Wildman–Crippen MR) is 42.8 cm³/mol. The zero-order chi connectivity index (χ0) is 7.84. The zero-order valence-electron chi connectivity index (χ0n) is 6.74. The highest BCUT2D eigenvalue weighted by molar-refractivity contribution is 4.94. The van der Waals surface area contributed by atoms with Gasteiger partial charge < -0.3 is 10.8 Å². The van der Waals surface area contributed by atoms with Gasteiger partial charge in [0.05, 0.1) is 6.73 Å². The number of aliphatic hydroxyl groups excluding tert-OH is 1. The van der Waals surface area contributed by atoms with Gasteiger partial charge in [0.1, 0.15) is 0 Å². The van der Waals surface area contributed by atoms with Gasteiger partial charge in [-0.05, 0) is 24.7 Å². The van der Waals surface area contributed by atoms with Crippen molar-refractivity contribution in [2.75, 3.05) is 19.8 Å². The van der Waals surface area contributed by atoms with Crippen LogP contribution < -0.4 is 5.73 Å². The molecular formula is C8H16N2O. The summed E-state index contributed by atoms with van der Waals surface area (Å²) in [6.07, 6.45) is 2.46. The summed E-state index contributed by atoms with van der Waals surface area (Å²) >= 11 is 0. The van der Waals surface area contributed by atoms with E-state index < -0.39 is 0 Å². The van der Waals surface area contributed by atoms with E-state index in [2.05, 4.69) is 4.90 Å². The molecule has 0 aromatic rings. The Balaban J connectivity index is 1.98. The Kier molecular flexibility index (Phi) is 1.87. The van der Waals surface area contributed by atoms with E-state index in [1.54, 1.807) is 0 Å². The number of hydrogen-bond donors (Lipinski definition) is 2. The number of fused-ring (bicyclic) bond motifs is 1. The smallest absolute Gasteiger partial charge is 0.0956 e. The van der Waals surface area contributed by atoms with E-state index in [0.29, 0.717) is 12.0 Å². The predicted octanol–water partition coefficient (Wildman–Crippen LogP) is -0.395. The summed E-state index contributed by atoms with van der Waals surface area (Å²) < 4.78 is 0. The number of rotatable bonds is 1. The molecule has 3 heteroatoms. The molecule has 3 N–H and O–H groups in total. The second kappa shape index (κ2) is 2.73. The Labute approximate surface area is 67.2 Å². The van der Waals surface area contributed by atoms with E-state index in [9.17, 15) is 0 Å². The molecule has 11 heavy (non-hydrogen) atoms. The first-order valence-electron chi connectivity index (χ1n) is 4.40. The molecule has 3 nitrogen and oxygen atoms in total. The molecular weight excluding hydrogens is 140 g/mol. The van der Waals surface area contributed by atoms with Crippen molar-refractivity contribution in [1.29, 1.82) is 0 Å². The van der Waals surface area contributed by atoms with Crippen molar-refractivity contribution in [2.24, 2.45) is 17.6 Å². The minimum absolute atomic E-state index is 0.208. The molecule has 0 aromatic heterocycles. The van der Waals surface area contributed by atoms with E-state index in [4.69, 9.17) is 10.8 Å². The summed E-state index contributed by atoms with van der Waals surface area (Å²) in [7, 11) is 0. The van der Waals surface area contributed by atoms with Gasteiger partial charge in [0.25, 0.3) is 0 Å². The molecule has 0 spiro atoms. The fourth-order valence-corrected chi connectivity index (χ4v) is 2.52. The van der Waals surface area contributed by atoms with Crippen molar-refractivity contribution in [3.05, 3.63) is 0 Å². The lowest BCUT2D eigenvalue weighted by Crippen LogP contribution is -2.30. The average Bonchev–Trinajstić information content (AvgIpc) is 2.53. The van der Waals surface area contributed by atoms with Crippen LogP contribution in [-0.4, -0.2) is 35.9 Å². The number of likely N-dealkylation sites (tertiary alicyclic amines) is 1. The minimum Gasteiger partial charge on any atom is -0.381 e. The van der Waals surface area contributed by atoms with Crippen LogP contribution in [0.5, 0.6) is 0 Å². The molecule has 3 unspecified atom stereocenters. The van der Waals surface area contributed by atoms with Gasteiger partial charge in [-0.2, -0.15) is 0 Å². The maximum absolute atomic E-state index is 8.89. The van der Waals surface area contributed by atoms with Crippen LogP contribution in [0.2, 0.25) is 0 Å². The van der Waals surface area contributed by atoms with Gasteiger partial charge in [-0.25, -0.2) is 0 Å². The molecule has 0 aromatic carbocycles. The molecule has 2 rings (SSSR count). The Hall–Kier alpha value is -0.120. The molecule has 64 valence electrons. The van der Waals surface area contributed by atoms with Gasteiger partial charge in [0.2, 0.25) is 0 Å². The fraction of sp³-hybridized carbons (Fsp3) is 1.00. The second-order valence-electron chi connectivity index (χ2n) is 3.84. The summed E-state index contributed by atoms with van der Waals surface area (Å²) in [6.45, 7) is 2.29. The maximum atomic E-state index is 8.89. The van der Waals surface area contributed by atoms with Crippen molar-refractivity contribution < 1.29 is 5.11 Å². The van der Waals surface area contributed by atoms with E-state index in [-0.39, 0.29) is 6.73 Å². The van der Waals surface area contributed by atoms with Crippen molar-refractivity contribution in [2.45, 2.75) is 18.9 Å².